The average Bonchev–Trinajstić information content (AvgIpc) is 2.77. The quantitative estimate of drug-likeness (QED) is 0.923. The highest BCUT2D eigenvalue weighted by Crippen LogP contribution is 2.21. The summed E-state index contributed by atoms with van der Waals surface area (Å²) in [6.07, 6.45) is 4.53. The summed E-state index contributed by atoms with van der Waals surface area (Å²) in [5, 5.41) is 7.53. The summed E-state index contributed by atoms with van der Waals surface area (Å²) in [4.78, 5) is 0. The maximum Gasteiger partial charge on any atom is 0.141 e. The Kier molecular flexibility index (Phi) is 3.99. The number of rotatable bonds is 4. The molecule has 96 valence electrons. The molecule has 0 fully saturated rings. The first kappa shape index (κ1) is 13.1. The molecule has 1 atom stereocenters. The molecule has 0 amide bonds. The Labute approximate surface area is 111 Å². The fourth-order valence-corrected chi connectivity index (χ4v) is 2.11. The van der Waals surface area contributed by atoms with Crippen LogP contribution >= 0.6 is 11.6 Å². The van der Waals surface area contributed by atoms with E-state index in [-0.39, 0.29) is 16.9 Å². The zero-order valence-corrected chi connectivity index (χ0v) is 11.1. The van der Waals surface area contributed by atoms with Gasteiger partial charge < -0.3 is 5.32 Å². The molecule has 1 aromatic heterocycles. The highest BCUT2D eigenvalue weighted by atomic mass is 35.5. The van der Waals surface area contributed by atoms with Crippen molar-refractivity contribution >= 4 is 11.6 Å². The molecule has 5 heteroatoms. The second-order valence-corrected chi connectivity index (χ2v) is 4.65. The van der Waals surface area contributed by atoms with Crippen molar-refractivity contribution in [3.8, 4) is 0 Å². The van der Waals surface area contributed by atoms with Crippen molar-refractivity contribution in [1.82, 2.24) is 15.1 Å². The summed E-state index contributed by atoms with van der Waals surface area (Å²) in [5.41, 5.74) is 2.09. The topological polar surface area (TPSA) is 29.9 Å². The average molecular weight is 268 g/mol. The van der Waals surface area contributed by atoms with Crippen LogP contribution in [0, 0.1) is 5.82 Å². The molecule has 2 aromatic rings. The third-order valence-electron chi connectivity index (χ3n) is 2.90. The molecule has 0 saturated heterocycles. The number of aromatic nitrogens is 2. The van der Waals surface area contributed by atoms with Crippen LogP contribution in [0.4, 0.5) is 4.39 Å². The van der Waals surface area contributed by atoms with Gasteiger partial charge in [0.1, 0.15) is 5.82 Å². The lowest BCUT2D eigenvalue weighted by molar-refractivity contribution is 0.588. The van der Waals surface area contributed by atoms with Crippen molar-refractivity contribution in [1.29, 1.82) is 0 Å². The number of hydrogen-bond acceptors (Lipinski definition) is 2. The van der Waals surface area contributed by atoms with E-state index in [0.717, 1.165) is 17.5 Å². The Morgan fingerprint density at radius 1 is 1.50 bits per heavy atom. The molecule has 0 aliphatic carbocycles. The molecular formula is C13H15ClFN3. The zero-order chi connectivity index (χ0) is 13.1. The van der Waals surface area contributed by atoms with Crippen LogP contribution in [0.25, 0.3) is 0 Å². The van der Waals surface area contributed by atoms with Gasteiger partial charge in [0.15, 0.2) is 0 Å². The van der Waals surface area contributed by atoms with Crippen molar-refractivity contribution in [2.24, 2.45) is 7.05 Å². The normalized spacial score (nSPS) is 12.7. The predicted octanol–water partition coefficient (Wildman–Crippen LogP) is 2.72. The van der Waals surface area contributed by atoms with E-state index in [1.54, 1.807) is 16.8 Å². The lowest BCUT2D eigenvalue weighted by Gasteiger charge is -2.14. The van der Waals surface area contributed by atoms with Crippen LogP contribution < -0.4 is 5.32 Å². The van der Waals surface area contributed by atoms with Gasteiger partial charge in [-0.2, -0.15) is 5.10 Å². The van der Waals surface area contributed by atoms with Crippen molar-refractivity contribution in [3.63, 3.8) is 0 Å². The second-order valence-electron chi connectivity index (χ2n) is 4.24. The van der Waals surface area contributed by atoms with E-state index in [4.69, 9.17) is 11.6 Å². The Hall–Kier alpha value is -1.39. The molecule has 0 saturated carbocycles. The lowest BCUT2D eigenvalue weighted by atomic mass is 10.0. The summed E-state index contributed by atoms with van der Waals surface area (Å²) in [6.45, 7) is 0. The number of benzene rings is 1. The van der Waals surface area contributed by atoms with Gasteiger partial charge in [-0.3, -0.25) is 4.68 Å². The number of nitrogens with one attached hydrogen (secondary N) is 1. The van der Waals surface area contributed by atoms with Gasteiger partial charge in [-0.15, -0.1) is 0 Å². The van der Waals surface area contributed by atoms with E-state index in [0.29, 0.717) is 0 Å². The molecule has 1 heterocycles. The molecule has 0 bridgehead atoms. The molecule has 1 unspecified atom stereocenters. The molecular weight excluding hydrogens is 253 g/mol. The first-order valence-corrected chi connectivity index (χ1v) is 6.07. The van der Waals surface area contributed by atoms with Crippen LogP contribution in [0.3, 0.4) is 0 Å². The van der Waals surface area contributed by atoms with Gasteiger partial charge >= 0.3 is 0 Å². The van der Waals surface area contributed by atoms with Gasteiger partial charge in [0.2, 0.25) is 0 Å². The second kappa shape index (κ2) is 5.50. The van der Waals surface area contributed by atoms with Gasteiger partial charge in [0, 0.05) is 24.8 Å². The van der Waals surface area contributed by atoms with Crippen molar-refractivity contribution in [2.75, 3.05) is 7.05 Å². The Morgan fingerprint density at radius 2 is 2.28 bits per heavy atom. The third-order valence-corrected chi connectivity index (χ3v) is 3.19. The minimum atomic E-state index is -0.386. The van der Waals surface area contributed by atoms with Crippen LogP contribution in [-0.2, 0) is 13.5 Å². The molecule has 0 spiro atoms. The Balaban J connectivity index is 2.17. The zero-order valence-electron chi connectivity index (χ0n) is 10.3. The number of nitrogens with zero attached hydrogens (tertiary/aromatic N) is 2. The fraction of sp³-hybridized carbons (Fsp3) is 0.308. The molecule has 3 nitrogen and oxygen atoms in total. The number of likely N-dealkylation sites (N-methyl/N-ethyl adjacent to an activating group) is 1. The van der Waals surface area contributed by atoms with Gasteiger partial charge in [-0.25, -0.2) is 4.39 Å². The number of aryl methyl sites for hydroxylation is 1. The highest BCUT2D eigenvalue weighted by Gasteiger charge is 2.12. The maximum absolute atomic E-state index is 13.1. The van der Waals surface area contributed by atoms with Gasteiger partial charge in [0.25, 0.3) is 0 Å². The molecule has 0 aliphatic rings. The van der Waals surface area contributed by atoms with E-state index in [9.17, 15) is 4.39 Å². The van der Waals surface area contributed by atoms with Gasteiger partial charge in [-0.1, -0.05) is 17.7 Å². The van der Waals surface area contributed by atoms with Gasteiger partial charge in [-0.05, 0) is 31.2 Å². The summed E-state index contributed by atoms with van der Waals surface area (Å²) in [5.74, 6) is -0.386. The van der Waals surface area contributed by atoms with Crippen molar-refractivity contribution in [2.45, 2.75) is 12.5 Å². The van der Waals surface area contributed by atoms with Crippen LogP contribution in [-0.4, -0.2) is 16.8 Å². The lowest BCUT2D eigenvalue weighted by Crippen LogP contribution is -2.18. The minimum absolute atomic E-state index is 0.139. The van der Waals surface area contributed by atoms with E-state index >= 15 is 0 Å². The maximum atomic E-state index is 13.1. The van der Waals surface area contributed by atoms with Crippen LogP contribution in [0.2, 0.25) is 5.02 Å². The van der Waals surface area contributed by atoms with Crippen LogP contribution in [0.1, 0.15) is 17.2 Å². The summed E-state index contributed by atoms with van der Waals surface area (Å²) in [6, 6.07) is 4.95. The van der Waals surface area contributed by atoms with Gasteiger partial charge in [0.05, 0.1) is 11.2 Å². The molecule has 0 radical (unpaired) electrons. The van der Waals surface area contributed by atoms with E-state index in [2.05, 4.69) is 10.4 Å². The van der Waals surface area contributed by atoms with E-state index in [1.165, 1.54) is 6.07 Å². The Morgan fingerprint density at radius 3 is 2.83 bits per heavy atom. The molecule has 0 aliphatic heterocycles. The molecule has 2 rings (SSSR count). The smallest absolute Gasteiger partial charge is 0.141 e. The first-order valence-electron chi connectivity index (χ1n) is 5.70. The van der Waals surface area contributed by atoms with Crippen LogP contribution in [0.15, 0.2) is 30.6 Å². The molecule has 1 N–H and O–H groups in total. The van der Waals surface area contributed by atoms with Crippen LogP contribution in [0.5, 0.6) is 0 Å². The minimum Gasteiger partial charge on any atom is -0.313 e. The van der Waals surface area contributed by atoms with E-state index in [1.807, 2.05) is 26.5 Å². The number of halogens is 2. The molecule has 1 aromatic carbocycles. The Bertz CT molecular complexity index is 539. The SMILES string of the molecule is CNC(Cc1ccc(F)c(Cl)c1)c1cnn(C)c1. The summed E-state index contributed by atoms with van der Waals surface area (Å²) >= 11 is 5.78. The predicted molar refractivity (Wildman–Crippen MR) is 70.1 cm³/mol. The number of hydrogen-bond donors (Lipinski definition) is 1. The largest absolute Gasteiger partial charge is 0.313 e. The monoisotopic (exact) mass is 267 g/mol. The third kappa shape index (κ3) is 2.89. The summed E-state index contributed by atoms with van der Waals surface area (Å²) < 4.78 is 14.8. The standard InChI is InChI=1S/C13H15ClFN3/c1-16-13(10-7-17-18(2)8-10)6-9-3-4-12(15)11(14)5-9/h3-5,7-8,13,16H,6H2,1-2H3. The van der Waals surface area contributed by atoms with Crippen molar-refractivity contribution < 1.29 is 4.39 Å². The first-order chi connectivity index (χ1) is 8.60. The highest BCUT2D eigenvalue weighted by molar-refractivity contribution is 6.30. The fourth-order valence-electron chi connectivity index (χ4n) is 1.91. The van der Waals surface area contributed by atoms with E-state index < -0.39 is 0 Å². The summed E-state index contributed by atoms with van der Waals surface area (Å²) in [7, 11) is 3.77. The molecule has 18 heavy (non-hydrogen) atoms. The van der Waals surface area contributed by atoms with Crippen molar-refractivity contribution in [3.05, 3.63) is 52.6 Å².